The van der Waals surface area contributed by atoms with Crippen molar-refractivity contribution in [2.24, 2.45) is 11.8 Å². The Bertz CT molecular complexity index is 1270. The number of piperidine rings is 2. The minimum absolute atomic E-state index is 0.0951. The molecule has 0 amide bonds. The topological polar surface area (TPSA) is 41.1 Å². The summed E-state index contributed by atoms with van der Waals surface area (Å²) in [4.78, 5) is 15.0. The van der Waals surface area contributed by atoms with Crippen LogP contribution in [-0.4, -0.2) is 5.78 Å². The molecule has 4 atom stereocenters. The van der Waals surface area contributed by atoms with Crippen molar-refractivity contribution < 1.29 is 4.79 Å². The third kappa shape index (κ3) is 5.37. The van der Waals surface area contributed by atoms with Gasteiger partial charge in [-0.3, -0.25) is 4.79 Å². The molecule has 6 rings (SSSR count). The van der Waals surface area contributed by atoms with Gasteiger partial charge in [-0.15, -0.1) is 0 Å². The van der Waals surface area contributed by atoms with Crippen LogP contribution < -0.4 is 10.6 Å². The second-order valence-corrected chi connectivity index (χ2v) is 12.1. The number of nitrogens with one attached hydrogen (secondary N) is 2. The fourth-order valence-corrected chi connectivity index (χ4v) is 7.12. The van der Waals surface area contributed by atoms with Gasteiger partial charge in [-0.05, 0) is 70.2 Å². The summed E-state index contributed by atoms with van der Waals surface area (Å²) in [5.74, 6) is -0.0738. The quantitative estimate of drug-likeness (QED) is 0.230. The van der Waals surface area contributed by atoms with Gasteiger partial charge in [0, 0.05) is 24.2 Å². The molecule has 2 aliphatic heterocycles. The highest BCUT2D eigenvalue weighted by molar-refractivity contribution is 5.89. The minimum atomic E-state index is -0.215. The van der Waals surface area contributed by atoms with Crippen molar-refractivity contribution in [3.05, 3.63) is 142 Å². The van der Waals surface area contributed by atoms with Crippen LogP contribution in [0.5, 0.6) is 0 Å². The second-order valence-electron chi connectivity index (χ2n) is 12.1. The molecule has 2 N–H and O–H groups in total. The number of rotatable bonds is 8. The molecule has 4 aromatic carbocycles. The van der Waals surface area contributed by atoms with Gasteiger partial charge in [-0.25, -0.2) is 0 Å². The number of fused-ring (bicyclic) bond motifs is 2. The number of hydrogen-bond donors (Lipinski definition) is 2. The monoisotopic (exact) mass is 556 g/mol. The maximum Gasteiger partial charge on any atom is 0.146 e. The first-order chi connectivity index (χ1) is 20.5. The van der Waals surface area contributed by atoms with E-state index < -0.39 is 0 Å². The van der Waals surface area contributed by atoms with Gasteiger partial charge in [0.05, 0.1) is 11.8 Å². The molecule has 0 spiro atoms. The number of benzene rings is 4. The molecule has 2 saturated heterocycles. The van der Waals surface area contributed by atoms with Gasteiger partial charge in [0.15, 0.2) is 0 Å². The largest absolute Gasteiger partial charge is 0.302 e. The van der Waals surface area contributed by atoms with E-state index >= 15 is 0 Å². The van der Waals surface area contributed by atoms with Gasteiger partial charge in [-0.2, -0.15) is 0 Å². The molecule has 2 aliphatic rings. The van der Waals surface area contributed by atoms with Gasteiger partial charge < -0.3 is 10.6 Å². The first-order valence-electron chi connectivity index (χ1n) is 16.0. The van der Waals surface area contributed by atoms with Crippen molar-refractivity contribution in [1.29, 1.82) is 0 Å². The Morgan fingerprint density at radius 1 is 0.405 bits per heavy atom. The Balaban J connectivity index is 1.49. The zero-order valence-electron chi connectivity index (χ0n) is 25.4. The zero-order chi connectivity index (χ0) is 29.2. The van der Waals surface area contributed by atoms with Crippen molar-refractivity contribution in [2.75, 3.05) is 0 Å². The second kappa shape index (κ2) is 12.4. The molecule has 2 bridgehead atoms. The maximum absolute atomic E-state index is 15.0. The van der Waals surface area contributed by atoms with Crippen LogP contribution in [0.4, 0.5) is 0 Å². The summed E-state index contributed by atoms with van der Waals surface area (Å²) in [5, 5.41) is 8.15. The van der Waals surface area contributed by atoms with Crippen LogP contribution in [-0.2, 0) is 30.5 Å². The van der Waals surface area contributed by atoms with E-state index in [1.165, 1.54) is 44.5 Å². The lowest BCUT2D eigenvalue weighted by molar-refractivity contribution is -0.139. The molecule has 0 radical (unpaired) electrons. The highest BCUT2D eigenvalue weighted by Crippen LogP contribution is 2.52. The lowest BCUT2D eigenvalue weighted by atomic mass is 9.64. The first-order valence-corrected chi connectivity index (χ1v) is 16.0. The average molecular weight is 557 g/mol. The normalized spacial score (nSPS) is 25.4. The van der Waals surface area contributed by atoms with Gasteiger partial charge in [0.1, 0.15) is 5.78 Å². The Labute approximate surface area is 251 Å². The van der Waals surface area contributed by atoms with Crippen molar-refractivity contribution in [2.45, 2.75) is 77.5 Å². The van der Waals surface area contributed by atoms with Gasteiger partial charge in [0.2, 0.25) is 0 Å². The lowest BCUT2D eigenvalue weighted by Gasteiger charge is -2.52. The molecule has 0 aliphatic carbocycles. The summed E-state index contributed by atoms with van der Waals surface area (Å²) in [5.41, 5.74) is 9.99. The molecule has 0 saturated carbocycles. The van der Waals surface area contributed by atoms with Crippen LogP contribution in [0.1, 0.15) is 96.4 Å². The van der Waals surface area contributed by atoms with E-state index in [1.807, 2.05) is 0 Å². The molecule has 4 aromatic rings. The van der Waals surface area contributed by atoms with Crippen LogP contribution in [0, 0.1) is 11.8 Å². The average Bonchev–Trinajstić information content (AvgIpc) is 3.05. The van der Waals surface area contributed by atoms with Crippen LogP contribution in [0.25, 0.3) is 0 Å². The standard InChI is InChI=1S/C39H44N2O/c1-5-25-9-17-29(18-10-25)35-33-36(30-19-11-26(6-2)12-20-30)41-38(32-23-15-28(8-4)16-24-32)34(39(33)42)37(40-35)31-21-13-27(7-3)14-22-31/h9-24,33-38,40-41H,5-8H2,1-4H3. The molecule has 2 heterocycles. The Morgan fingerprint density at radius 2 is 0.619 bits per heavy atom. The van der Waals surface area contributed by atoms with E-state index in [1.54, 1.807) is 0 Å². The summed E-state index contributed by atoms with van der Waals surface area (Å²) >= 11 is 0. The van der Waals surface area contributed by atoms with Crippen molar-refractivity contribution in [3.63, 3.8) is 0 Å². The Hall–Kier alpha value is -3.53. The van der Waals surface area contributed by atoms with Crippen molar-refractivity contribution >= 4 is 5.78 Å². The molecular formula is C39H44N2O. The predicted octanol–water partition coefficient (Wildman–Crippen LogP) is 8.21. The molecule has 216 valence electrons. The number of aryl methyl sites for hydroxylation is 4. The fraction of sp³-hybridized carbons (Fsp3) is 0.359. The van der Waals surface area contributed by atoms with E-state index in [0.717, 1.165) is 25.7 Å². The number of carbonyl (C=O) groups is 1. The van der Waals surface area contributed by atoms with E-state index in [9.17, 15) is 4.79 Å². The van der Waals surface area contributed by atoms with Crippen molar-refractivity contribution in [1.82, 2.24) is 10.6 Å². The molecule has 4 unspecified atom stereocenters. The van der Waals surface area contributed by atoms with E-state index in [-0.39, 0.29) is 36.0 Å². The smallest absolute Gasteiger partial charge is 0.146 e. The Kier molecular flexibility index (Phi) is 8.42. The number of ketones is 1. The van der Waals surface area contributed by atoms with Gasteiger partial charge in [0.25, 0.3) is 0 Å². The van der Waals surface area contributed by atoms with E-state index in [2.05, 4.69) is 135 Å². The third-order valence-corrected chi connectivity index (χ3v) is 9.80. The summed E-state index contributed by atoms with van der Waals surface area (Å²) in [7, 11) is 0. The molecule has 42 heavy (non-hydrogen) atoms. The van der Waals surface area contributed by atoms with Crippen molar-refractivity contribution in [3.8, 4) is 0 Å². The maximum atomic E-state index is 15.0. The first kappa shape index (κ1) is 28.6. The zero-order valence-corrected chi connectivity index (χ0v) is 25.4. The van der Waals surface area contributed by atoms with Gasteiger partial charge in [-0.1, -0.05) is 125 Å². The van der Waals surface area contributed by atoms with Crippen LogP contribution in [0.15, 0.2) is 97.1 Å². The number of Topliss-reactive ketones (excluding diaryl/α,β-unsaturated/α-hetero) is 1. The molecule has 0 aromatic heterocycles. The van der Waals surface area contributed by atoms with E-state index in [4.69, 9.17) is 0 Å². The summed E-state index contributed by atoms with van der Waals surface area (Å²) < 4.78 is 0. The SMILES string of the molecule is CCc1ccc(C2NC(c3ccc(CC)cc3)C3C(=O)C2C(c2ccc(CC)cc2)NC3c2ccc(CC)cc2)cc1. The minimum Gasteiger partial charge on any atom is -0.302 e. The van der Waals surface area contributed by atoms with Crippen LogP contribution in [0.3, 0.4) is 0 Å². The third-order valence-electron chi connectivity index (χ3n) is 9.80. The molecule has 3 heteroatoms. The number of carbonyl (C=O) groups excluding carboxylic acids is 1. The molecular weight excluding hydrogens is 512 g/mol. The summed E-state index contributed by atoms with van der Waals surface area (Å²) in [6, 6.07) is 35.2. The molecule has 3 nitrogen and oxygen atoms in total. The lowest BCUT2D eigenvalue weighted by Crippen LogP contribution is -2.60. The number of hydrogen-bond acceptors (Lipinski definition) is 3. The van der Waals surface area contributed by atoms with E-state index in [0.29, 0.717) is 5.78 Å². The van der Waals surface area contributed by atoms with Gasteiger partial charge >= 0.3 is 0 Å². The molecule has 2 fully saturated rings. The Morgan fingerprint density at radius 3 is 0.810 bits per heavy atom. The highest BCUT2D eigenvalue weighted by Gasteiger charge is 2.55. The summed E-state index contributed by atoms with van der Waals surface area (Å²) in [6.07, 6.45) is 4.01. The van der Waals surface area contributed by atoms with Crippen LogP contribution >= 0.6 is 0 Å². The summed E-state index contributed by atoms with van der Waals surface area (Å²) in [6.45, 7) is 8.75. The fourth-order valence-electron chi connectivity index (χ4n) is 7.12. The van der Waals surface area contributed by atoms with Crippen LogP contribution in [0.2, 0.25) is 0 Å². The predicted molar refractivity (Wildman–Crippen MR) is 173 cm³/mol. The highest BCUT2D eigenvalue weighted by atomic mass is 16.1.